The third-order valence-corrected chi connectivity index (χ3v) is 4.40. The van der Waals surface area contributed by atoms with E-state index in [4.69, 9.17) is 0 Å². The van der Waals surface area contributed by atoms with Gasteiger partial charge in [-0.25, -0.2) is 14.8 Å². The number of benzene rings is 2. The van der Waals surface area contributed by atoms with Crippen molar-refractivity contribution in [2.45, 2.75) is 0 Å². The van der Waals surface area contributed by atoms with Crippen LogP contribution >= 0.6 is 0 Å². The summed E-state index contributed by atoms with van der Waals surface area (Å²) in [5, 5.41) is 15.0. The third-order valence-electron chi connectivity index (χ3n) is 4.40. The quantitative estimate of drug-likeness (QED) is 0.434. The lowest BCUT2D eigenvalue weighted by molar-refractivity contribution is 0.0698. The highest BCUT2D eigenvalue weighted by Gasteiger charge is 2.13. The lowest BCUT2D eigenvalue weighted by Gasteiger charge is -2.10. The number of anilines is 3. The summed E-state index contributed by atoms with van der Waals surface area (Å²) in [6.45, 7) is 0. The first kappa shape index (κ1) is 19.7. The molecule has 0 unspecified atom stereocenters. The normalized spacial score (nSPS) is 10.3. The molecule has 1 amide bonds. The number of para-hydroxylation sites is 1. The summed E-state index contributed by atoms with van der Waals surface area (Å²) < 4.78 is 0. The molecule has 4 aromatic rings. The smallest absolute Gasteiger partial charge is 0.337 e. The van der Waals surface area contributed by atoms with Crippen molar-refractivity contribution in [3.05, 3.63) is 96.4 Å². The van der Waals surface area contributed by atoms with Gasteiger partial charge in [-0.2, -0.15) is 0 Å². The molecule has 31 heavy (non-hydrogen) atoms. The van der Waals surface area contributed by atoms with E-state index in [1.54, 1.807) is 67.1 Å². The summed E-state index contributed by atoms with van der Waals surface area (Å²) in [5.41, 5.74) is 2.79. The van der Waals surface area contributed by atoms with E-state index in [9.17, 15) is 14.7 Å². The largest absolute Gasteiger partial charge is 0.478 e. The average Bonchev–Trinajstić information content (AvgIpc) is 2.80. The fourth-order valence-electron chi connectivity index (χ4n) is 2.93. The van der Waals surface area contributed by atoms with E-state index in [-0.39, 0.29) is 11.3 Å². The molecule has 152 valence electrons. The average molecular weight is 411 g/mol. The molecule has 2 aromatic carbocycles. The van der Waals surface area contributed by atoms with E-state index in [0.717, 1.165) is 5.56 Å². The number of carbonyl (C=O) groups is 2. The lowest BCUT2D eigenvalue weighted by atomic mass is 10.1. The number of hydrogen-bond acceptors (Lipinski definition) is 6. The number of nitrogens with zero attached hydrogens (tertiary/aromatic N) is 3. The molecular formula is C23H17N5O3. The van der Waals surface area contributed by atoms with Crippen molar-refractivity contribution >= 4 is 29.2 Å². The number of pyridine rings is 1. The molecule has 4 rings (SSSR count). The molecular weight excluding hydrogens is 394 g/mol. The minimum absolute atomic E-state index is 0.0192. The van der Waals surface area contributed by atoms with Gasteiger partial charge in [-0.05, 0) is 48.5 Å². The molecule has 2 heterocycles. The number of carboxylic acids is 1. The molecule has 0 radical (unpaired) electrons. The Bertz CT molecular complexity index is 1240. The van der Waals surface area contributed by atoms with Crippen LogP contribution in [0.3, 0.4) is 0 Å². The Morgan fingerprint density at radius 2 is 1.77 bits per heavy atom. The Labute approximate surface area is 177 Å². The second-order valence-corrected chi connectivity index (χ2v) is 6.52. The molecule has 2 aromatic heterocycles. The van der Waals surface area contributed by atoms with Gasteiger partial charge in [-0.3, -0.25) is 9.78 Å². The molecule has 8 nitrogen and oxygen atoms in total. The summed E-state index contributed by atoms with van der Waals surface area (Å²) in [5.74, 6) is -1.17. The fraction of sp³-hybridized carbons (Fsp3) is 0. The van der Waals surface area contributed by atoms with Gasteiger partial charge < -0.3 is 15.7 Å². The van der Waals surface area contributed by atoms with Gasteiger partial charge in [0.05, 0.1) is 16.9 Å². The first-order chi connectivity index (χ1) is 15.1. The molecule has 0 aliphatic heterocycles. The van der Waals surface area contributed by atoms with Crippen molar-refractivity contribution in [3.8, 4) is 11.3 Å². The van der Waals surface area contributed by atoms with Gasteiger partial charge in [0.2, 0.25) is 5.95 Å². The molecule has 0 aliphatic carbocycles. The van der Waals surface area contributed by atoms with Crippen LogP contribution in [-0.2, 0) is 0 Å². The van der Waals surface area contributed by atoms with Crippen LogP contribution in [0.25, 0.3) is 11.3 Å². The molecule has 3 N–H and O–H groups in total. The molecule has 0 atom stereocenters. The van der Waals surface area contributed by atoms with E-state index in [1.807, 2.05) is 12.1 Å². The predicted molar refractivity (Wildman–Crippen MR) is 116 cm³/mol. The third kappa shape index (κ3) is 4.70. The number of carboxylic acid groups (broad SMARTS) is 1. The molecule has 0 fully saturated rings. The second-order valence-electron chi connectivity index (χ2n) is 6.52. The zero-order valence-electron chi connectivity index (χ0n) is 16.2. The van der Waals surface area contributed by atoms with Crippen molar-refractivity contribution in [3.63, 3.8) is 0 Å². The van der Waals surface area contributed by atoms with Gasteiger partial charge >= 0.3 is 5.97 Å². The van der Waals surface area contributed by atoms with Crippen LogP contribution in [0.2, 0.25) is 0 Å². The topological polar surface area (TPSA) is 117 Å². The zero-order valence-corrected chi connectivity index (χ0v) is 16.2. The minimum Gasteiger partial charge on any atom is -0.478 e. The lowest BCUT2D eigenvalue weighted by Crippen LogP contribution is -2.15. The summed E-state index contributed by atoms with van der Waals surface area (Å²) in [4.78, 5) is 36.8. The maximum absolute atomic E-state index is 12.7. The number of amides is 1. The van der Waals surface area contributed by atoms with Gasteiger partial charge in [-0.1, -0.05) is 18.2 Å². The standard InChI is InChI=1S/C23H17N5O3/c29-21(27-20-9-2-1-8-18(20)22(30)31)15-5-3-7-17(13-15)26-23-25-12-10-19(28-23)16-6-4-11-24-14-16/h1-14H,(H,27,29)(H,30,31)(H,25,26,28). The van der Waals surface area contributed by atoms with Crippen LogP contribution < -0.4 is 10.6 Å². The Hall–Kier alpha value is -4.59. The molecule has 0 spiro atoms. The van der Waals surface area contributed by atoms with E-state index in [1.165, 1.54) is 6.07 Å². The first-order valence-electron chi connectivity index (χ1n) is 9.34. The highest BCUT2D eigenvalue weighted by Crippen LogP contribution is 2.21. The van der Waals surface area contributed by atoms with Crippen LogP contribution in [0, 0.1) is 0 Å². The fourth-order valence-corrected chi connectivity index (χ4v) is 2.93. The molecule has 0 aliphatic rings. The second kappa shape index (κ2) is 8.83. The first-order valence-corrected chi connectivity index (χ1v) is 9.34. The van der Waals surface area contributed by atoms with Crippen molar-refractivity contribution in [1.29, 1.82) is 0 Å². The van der Waals surface area contributed by atoms with E-state index in [2.05, 4.69) is 25.6 Å². The van der Waals surface area contributed by atoms with Gasteiger partial charge in [0.1, 0.15) is 0 Å². The number of aromatic carboxylic acids is 1. The Morgan fingerprint density at radius 1 is 0.903 bits per heavy atom. The monoisotopic (exact) mass is 411 g/mol. The van der Waals surface area contributed by atoms with Crippen LogP contribution in [0.5, 0.6) is 0 Å². The van der Waals surface area contributed by atoms with E-state index < -0.39 is 11.9 Å². The number of rotatable bonds is 6. The van der Waals surface area contributed by atoms with Crippen LogP contribution in [0.1, 0.15) is 20.7 Å². The summed E-state index contributed by atoms with van der Waals surface area (Å²) in [6, 6.07) is 18.5. The number of nitrogens with one attached hydrogen (secondary N) is 2. The highest BCUT2D eigenvalue weighted by molar-refractivity contribution is 6.08. The SMILES string of the molecule is O=C(Nc1ccccc1C(=O)O)c1cccc(Nc2nccc(-c3cccnc3)n2)c1. The van der Waals surface area contributed by atoms with Gasteiger partial charge in [0.15, 0.2) is 0 Å². The Kier molecular flexibility index (Phi) is 5.62. The Morgan fingerprint density at radius 3 is 2.58 bits per heavy atom. The van der Waals surface area contributed by atoms with Crippen LogP contribution in [-0.4, -0.2) is 31.9 Å². The zero-order chi connectivity index (χ0) is 21.6. The van der Waals surface area contributed by atoms with Gasteiger partial charge in [-0.15, -0.1) is 0 Å². The van der Waals surface area contributed by atoms with Gasteiger partial charge in [0.25, 0.3) is 5.91 Å². The van der Waals surface area contributed by atoms with E-state index in [0.29, 0.717) is 22.9 Å². The van der Waals surface area contributed by atoms with Crippen molar-refractivity contribution in [1.82, 2.24) is 15.0 Å². The molecule has 0 bridgehead atoms. The highest BCUT2D eigenvalue weighted by atomic mass is 16.4. The molecule has 0 saturated carbocycles. The number of carbonyl (C=O) groups excluding carboxylic acids is 1. The van der Waals surface area contributed by atoms with Crippen molar-refractivity contribution in [2.75, 3.05) is 10.6 Å². The number of aromatic nitrogens is 3. The maximum atomic E-state index is 12.7. The predicted octanol–water partition coefficient (Wildman–Crippen LogP) is 4.23. The van der Waals surface area contributed by atoms with Crippen molar-refractivity contribution in [2.24, 2.45) is 0 Å². The summed E-state index contributed by atoms with van der Waals surface area (Å²) >= 11 is 0. The minimum atomic E-state index is -1.11. The Balaban J connectivity index is 1.53. The maximum Gasteiger partial charge on any atom is 0.337 e. The van der Waals surface area contributed by atoms with Gasteiger partial charge in [0, 0.05) is 35.4 Å². The van der Waals surface area contributed by atoms with Crippen molar-refractivity contribution < 1.29 is 14.7 Å². The molecule has 0 saturated heterocycles. The van der Waals surface area contributed by atoms with E-state index >= 15 is 0 Å². The summed E-state index contributed by atoms with van der Waals surface area (Å²) in [7, 11) is 0. The van der Waals surface area contributed by atoms with Crippen LogP contribution in [0.4, 0.5) is 17.3 Å². The number of hydrogen-bond donors (Lipinski definition) is 3. The van der Waals surface area contributed by atoms with Crippen LogP contribution in [0.15, 0.2) is 85.3 Å². The molecule has 8 heteroatoms. The summed E-state index contributed by atoms with van der Waals surface area (Å²) in [6.07, 6.45) is 5.04.